The fraction of sp³-hybridized carbons (Fsp3) is 0.200. The summed E-state index contributed by atoms with van der Waals surface area (Å²) in [5, 5.41) is 2.62. The quantitative estimate of drug-likeness (QED) is 0.830. The van der Waals surface area contributed by atoms with Crippen molar-refractivity contribution < 1.29 is 22.4 Å². The molecule has 1 amide bonds. The van der Waals surface area contributed by atoms with E-state index in [4.69, 9.17) is 5.73 Å². The molecule has 3 N–H and O–H groups in total. The lowest BCUT2D eigenvalue weighted by Gasteiger charge is -2.17. The highest BCUT2D eigenvalue weighted by Crippen LogP contribution is 2.31. The Morgan fingerprint density at radius 1 is 1.22 bits per heavy atom. The Labute approximate surface area is 129 Å². The average Bonchev–Trinajstić information content (AvgIpc) is 2.48. The predicted octanol–water partition coefficient (Wildman–Crippen LogP) is 2.56. The van der Waals surface area contributed by atoms with Gasteiger partial charge in [0.2, 0.25) is 5.91 Å². The lowest BCUT2D eigenvalue weighted by Crippen LogP contribution is -2.34. The van der Waals surface area contributed by atoms with Crippen LogP contribution in [0.1, 0.15) is 22.9 Å². The molecule has 0 bridgehead atoms. The minimum Gasteiger partial charge on any atom is -0.368 e. The lowest BCUT2D eigenvalue weighted by molar-refractivity contribution is -0.138. The molecule has 4 nitrogen and oxygen atoms in total. The van der Waals surface area contributed by atoms with E-state index < -0.39 is 29.5 Å². The SMILES string of the molecule is NC(=O)C(NCc1ncccc1C(F)(F)F)c1ccc(F)cc1. The highest BCUT2D eigenvalue weighted by Gasteiger charge is 2.34. The van der Waals surface area contributed by atoms with Gasteiger partial charge < -0.3 is 5.73 Å². The van der Waals surface area contributed by atoms with Crippen LogP contribution in [0.15, 0.2) is 42.6 Å². The highest BCUT2D eigenvalue weighted by molar-refractivity contribution is 5.81. The molecule has 0 spiro atoms. The van der Waals surface area contributed by atoms with Gasteiger partial charge in [-0.05, 0) is 29.8 Å². The molecule has 0 fully saturated rings. The maximum Gasteiger partial charge on any atom is 0.418 e. The van der Waals surface area contributed by atoms with Crippen LogP contribution < -0.4 is 11.1 Å². The number of rotatable bonds is 5. The van der Waals surface area contributed by atoms with Crippen LogP contribution in [-0.2, 0) is 17.5 Å². The number of nitrogens with one attached hydrogen (secondary N) is 1. The largest absolute Gasteiger partial charge is 0.418 e. The molecule has 1 unspecified atom stereocenters. The standard InChI is InChI=1S/C15H13F4N3O/c16-10-5-3-9(4-6-10)13(14(20)23)22-8-12-11(15(17,18)19)2-1-7-21-12/h1-7,13,22H,8H2,(H2,20,23). The number of pyridine rings is 1. The molecule has 1 aromatic heterocycles. The van der Waals surface area contributed by atoms with Gasteiger partial charge in [-0.25, -0.2) is 4.39 Å². The fourth-order valence-corrected chi connectivity index (χ4v) is 2.07. The van der Waals surface area contributed by atoms with Gasteiger partial charge in [0.05, 0.1) is 11.3 Å². The monoisotopic (exact) mass is 327 g/mol. The first-order valence-electron chi connectivity index (χ1n) is 6.58. The zero-order chi connectivity index (χ0) is 17.0. The average molecular weight is 327 g/mol. The number of aromatic nitrogens is 1. The molecular weight excluding hydrogens is 314 g/mol. The zero-order valence-electron chi connectivity index (χ0n) is 11.8. The number of benzene rings is 1. The van der Waals surface area contributed by atoms with Crippen LogP contribution in [0.3, 0.4) is 0 Å². The van der Waals surface area contributed by atoms with Gasteiger partial charge in [0.1, 0.15) is 11.9 Å². The number of nitrogens with two attached hydrogens (primary N) is 1. The number of hydrogen-bond acceptors (Lipinski definition) is 3. The Kier molecular flexibility index (Phi) is 4.95. The minimum absolute atomic E-state index is 0.256. The predicted molar refractivity (Wildman–Crippen MR) is 74.4 cm³/mol. The molecule has 0 saturated heterocycles. The van der Waals surface area contributed by atoms with Gasteiger partial charge in [-0.3, -0.25) is 15.1 Å². The van der Waals surface area contributed by atoms with E-state index >= 15 is 0 Å². The second kappa shape index (κ2) is 6.74. The van der Waals surface area contributed by atoms with Crippen molar-refractivity contribution in [2.24, 2.45) is 5.73 Å². The second-order valence-corrected chi connectivity index (χ2v) is 4.76. The molecule has 2 aromatic rings. The van der Waals surface area contributed by atoms with Crippen LogP contribution in [0, 0.1) is 5.82 Å². The molecule has 2 rings (SSSR count). The Balaban J connectivity index is 2.20. The molecule has 0 aliphatic heterocycles. The summed E-state index contributed by atoms with van der Waals surface area (Å²) in [6.07, 6.45) is -3.33. The number of carbonyl (C=O) groups excluding carboxylic acids is 1. The molecule has 0 aliphatic rings. The van der Waals surface area contributed by atoms with Crippen molar-refractivity contribution in [2.45, 2.75) is 18.8 Å². The fourth-order valence-electron chi connectivity index (χ4n) is 2.07. The van der Waals surface area contributed by atoms with Crippen molar-refractivity contribution >= 4 is 5.91 Å². The van der Waals surface area contributed by atoms with E-state index in [1.165, 1.54) is 24.4 Å². The highest BCUT2D eigenvalue weighted by atomic mass is 19.4. The summed E-state index contributed by atoms with van der Waals surface area (Å²) in [6, 6.07) is 5.96. The van der Waals surface area contributed by atoms with Crippen molar-refractivity contribution in [3.63, 3.8) is 0 Å². The maximum atomic E-state index is 12.9. The first-order chi connectivity index (χ1) is 10.8. The van der Waals surface area contributed by atoms with Crippen LogP contribution in [-0.4, -0.2) is 10.9 Å². The normalized spacial score (nSPS) is 12.9. The number of hydrogen-bond donors (Lipinski definition) is 2. The number of amides is 1. The van der Waals surface area contributed by atoms with Crippen LogP contribution in [0.4, 0.5) is 17.6 Å². The van der Waals surface area contributed by atoms with Crippen molar-refractivity contribution in [3.05, 3.63) is 65.2 Å². The van der Waals surface area contributed by atoms with Gasteiger partial charge in [0.25, 0.3) is 0 Å². The van der Waals surface area contributed by atoms with Gasteiger partial charge in [0.15, 0.2) is 0 Å². The summed E-state index contributed by atoms with van der Waals surface area (Å²) < 4.78 is 51.6. The van der Waals surface area contributed by atoms with E-state index in [1.807, 2.05) is 0 Å². The molecule has 23 heavy (non-hydrogen) atoms. The Hall–Kier alpha value is -2.48. The van der Waals surface area contributed by atoms with Gasteiger partial charge in [0, 0.05) is 12.7 Å². The van der Waals surface area contributed by atoms with Gasteiger partial charge in [-0.1, -0.05) is 12.1 Å². The maximum absolute atomic E-state index is 12.9. The van der Waals surface area contributed by atoms with Gasteiger partial charge in [-0.2, -0.15) is 13.2 Å². The summed E-state index contributed by atoms with van der Waals surface area (Å²) in [7, 11) is 0. The van der Waals surface area contributed by atoms with E-state index in [9.17, 15) is 22.4 Å². The summed E-state index contributed by atoms with van der Waals surface area (Å²) in [5.74, 6) is -1.29. The molecule has 122 valence electrons. The number of primary amides is 1. The van der Waals surface area contributed by atoms with Crippen molar-refractivity contribution in [2.75, 3.05) is 0 Å². The van der Waals surface area contributed by atoms with Crippen molar-refractivity contribution in [3.8, 4) is 0 Å². The number of nitrogens with zero attached hydrogens (tertiary/aromatic N) is 1. The molecule has 1 heterocycles. The van der Waals surface area contributed by atoms with E-state index in [0.717, 1.165) is 18.2 Å². The zero-order valence-corrected chi connectivity index (χ0v) is 11.8. The summed E-state index contributed by atoms with van der Waals surface area (Å²) in [4.78, 5) is 15.2. The lowest BCUT2D eigenvalue weighted by atomic mass is 10.1. The van der Waals surface area contributed by atoms with Gasteiger partial charge in [-0.15, -0.1) is 0 Å². The smallest absolute Gasteiger partial charge is 0.368 e. The Morgan fingerprint density at radius 2 is 1.87 bits per heavy atom. The Morgan fingerprint density at radius 3 is 2.43 bits per heavy atom. The molecule has 0 saturated carbocycles. The number of carbonyl (C=O) groups is 1. The molecule has 1 aromatic carbocycles. The Bertz CT molecular complexity index is 686. The first kappa shape index (κ1) is 16.9. The van der Waals surface area contributed by atoms with E-state index in [-0.39, 0.29) is 12.2 Å². The third-order valence-electron chi connectivity index (χ3n) is 3.16. The van der Waals surface area contributed by atoms with Crippen LogP contribution >= 0.6 is 0 Å². The minimum atomic E-state index is -4.55. The third kappa shape index (κ3) is 4.26. The molecular formula is C15H13F4N3O. The van der Waals surface area contributed by atoms with Crippen molar-refractivity contribution in [1.82, 2.24) is 10.3 Å². The van der Waals surface area contributed by atoms with Crippen LogP contribution in [0.5, 0.6) is 0 Å². The van der Waals surface area contributed by atoms with Crippen LogP contribution in [0.2, 0.25) is 0 Å². The molecule has 1 atom stereocenters. The molecule has 0 radical (unpaired) electrons. The second-order valence-electron chi connectivity index (χ2n) is 4.76. The summed E-state index contributed by atoms with van der Waals surface area (Å²) >= 11 is 0. The molecule has 0 aliphatic carbocycles. The van der Waals surface area contributed by atoms with Crippen LogP contribution in [0.25, 0.3) is 0 Å². The third-order valence-corrected chi connectivity index (χ3v) is 3.16. The molecule has 8 heteroatoms. The topological polar surface area (TPSA) is 68.0 Å². The van der Waals surface area contributed by atoms with Crippen molar-refractivity contribution in [1.29, 1.82) is 0 Å². The van der Waals surface area contributed by atoms with E-state index in [2.05, 4.69) is 10.3 Å². The number of alkyl halides is 3. The first-order valence-corrected chi connectivity index (χ1v) is 6.58. The number of halogens is 4. The summed E-state index contributed by atoms with van der Waals surface area (Å²) in [6.45, 7) is -0.319. The summed E-state index contributed by atoms with van der Waals surface area (Å²) in [5.41, 5.74) is 4.46. The van der Waals surface area contributed by atoms with E-state index in [0.29, 0.717) is 5.56 Å². The van der Waals surface area contributed by atoms with E-state index in [1.54, 1.807) is 0 Å². The van der Waals surface area contributed by atoms with Gasteiger partial charge >= 0.3 is 6.18 Å².